The van der Waals surface area contributed by atoms with Gasteiger partial charge < -0.3 is 0 Å². The predicted molar refractivity (Wildman–Crippen MR) is 49.2 cm³/mol. The molecule has 0 spiro atoms. The van der Waals surface area contributed by atoms with E-state index in [1.54, 1.807) is 7.05 Å². The van der Waals surface area contributed by atoms with Gasteiger partial charge in [0.2, 0.25) is 11.2 Å². The molecular formula is C7H5Cl2N3O. The van der Waals surface area contributed by atoms with Gasteiger partial charge in [-0.3, -0.25) is 9.69 Å². The summed E-state index contributed by atoms with van der Waals surface area (Å²) in [6, 6.07) is 0. The number of halogens is 2. The van der Waals surface area contributed by atoms with Gasteiger partial charge in [-0.1, -0.05) is 11.6 Å². The second-order valence-corrected chi connectivity index (χ2v) is 3.41. The van der Waals surface area contributed by atoms with Gasteiger partial charge in [-0.25, -0.2) is 4.98 Å². The number of fused-ring (bicyclic) bond motifs is 1. The molecule has 1 amide bonds. The summed E-state index contributed by atoms with van der Waals surface area (Å²) in [5, 5.41) is 0.318. The number of likely N-dealkylation sites (N-methyl/N-ethyl adjacent to an activating group) is 1. The summed E-state index contributed by atoms with van der Waals surface area (Å²) in [5.41, 5.74) is 0.651. The lowest BCUT2D eigenvalue weighted by molar-refractivity contribution is -0.117. The minimum atomic E-state index is -0.0477. The number of aromatic nitrogens is 2. The molecule has 2 rings (SSSR count). The van der Waals surface area contributed by atoms with Gasteiger partial charge in [0.05, 0.1) is 6.42 Å². The summed E-state index contributed by atoms with van der Waals surface area (Å²) in [6.07, 6.45) is 0.252. The number of carbonyl (C=O) groups excluding carboxylic acids is 1. The molecule has 0 unspecified atom stereocenters. The zero-order chi connectivity index (χ0) is 9.59. The first-order valence-corrected chi connectivity index (χ1v) is 4.33. The van der Waals surface area contributed by atoms with Gasteiger partial charge >= 0.3 is 0 Å². The van der Waals surface area contributed by atoms with Gasteiger partial charge in [0, 0.05) is 12.6 Å². The first kappa shape index (κ1) is 8.72. The van der Waals surface area contributed by atoms with Gasteiger partial charge in [0.25, 0.3) is 0 Å². The molecule has 13 heavy (non-hydrogen) atoms. The molecule has 1 aromatic rings. The number of nitrogens with zero attached hydrogens (tertiary/aromatic N) is 3. The van der Waals surface area contributed by atoms with Crippen LogP contribution in [0.1, 0.15) is 5.56 Å². The summed E-state index contributed by atoms with van der Waals surface area (Å²) in [7, 11) is 1.63. The Kier molecular flexibility index (Phi) is 1.89. The summed E-state index contributed by atoms with van der Waals surface area (Å²) in [6.45, 7) is 0. The van der Waals surface area contributed by atoms with Crippen LogP contribution in [0.3, 0.4) is 0 Å². The summed E-state index contributed by atoms with van der Waals surface area (Å²) in [4.78, 5) is 20.4. The third kappa shape index (κ3) is 1.26. The van der Waals surface area contributed by atoms with Gasteiger partial charge in [-0.2, -0.15) is 4.98 Å². The topological polar surface area (TPSA) is 46.1 Å². The molecule has 0 saturated carbocycles. The van der Waals surface area contributed by atoms with Crippen LogP contribution in [0.2, 0.25) is 10.4 Å². The van der Waals surface area contributed by atoms with Crippen LogP contribution in [0, 0.1) is 0 Å². The number of amides is 1. The molecule has 0 aliphatic carbocycles. The number of rotatable bonds is 0. The lowest BCUT2D eigenvalue weighted by atomic mass is 10.3. The minimum absolute atomic E-state index is 0.0477. The average Bonchev–Trinajstić information content (AvgIpc) is 2.32. The van der Waals surface area contributed by atoms with Crippen LogP contribution in [0.25, 0.3) is 0 Å². The Morgan fingerprint density at radius 1 is 1.38 bits per heavy atom. The van der Waals surface area contributed by atoms with Crippen LogP contribution in [0.4, 0.5) is 5.82 Å². The fraction of sp³-hybridized carbons (Fsp3) is 0.286. The van der Waals surface area contributed by atoms with E-state index in [4.69, 9.17) is 23.2 Å². The van der Waals surface area contributed by atoms with Crippen LogP contribution < -0.4 is 4.90 Å². The Morgan fingerprint density at radius 3 is 2.77 bits per heavy atom. The highest BCUT2D eigenvalue weighted by molar-refractivity contribution is 6.33. The van der Waals surface area contributed by atoms with Crippen LogP contribution >= 0.6 is 23.2 Å². The maximum atomic E-state index is 11.3. The fourth-order valence-electron chi connectivity index (χ4n) is 1.24. The molecule has 0 saturated heterocycles. The van der Waals surface area contributed by atoms with Crippen molar-refractivity contribution in [3.63, 3.8) is 0 Å². The summed E-state index contributed by atoms with van der Waals surface area (Å²) >= 11 is 11.4. The van der Waals surface area contributed by atoms with Gasteiger partial charge in [-0.15, -0.1) is 0 Å². The monoisotopic (exact) mass is 217 g/mol. The van der Waals surface area contributed by atoms with Gasteiger partial charge in [-0.05, 0) is 11.6 Å². The lowest BCUT2D eigenvalue weighted by Crippen LogP contribution is -2.21. The lowest BCUT2D eigenvalue weighted by Gasteiger charge is -2.08. The second kappa shape index (κ2) is 2.82. The SMILES string of the molecule is CN1C(=O)Cc2c(Cl)nc(Cl)nc21. The van der Waals surface area contributed by atoms with E-state index in [0.717, 1.165) is 0 Å². The maximum absolute atomic E-state index is 11.3. The van der Waals surface area contributed by atoms with E-state index >= 15 is 0 Å². The third-order valence-corrected chi connectivity index (χ3v) is 2.41. The van der Waals surface area contributed by atoms with Crippen molar-refractivity contribution in [3.8, 4) is 0 Å². The van der Waals surface area contributed by atoms with Gasteiger partial charge in [0.1, 0.15) is 11.0 Å². The first-order valence-electron chi connectivity index (χ1n) is 3.58. The van der Waals surface area contributed by atoms with E-state index in [-0.39, 0.29) is 22.8 Å². The van der Waals surface area contributed by atoms with E-state index < -0.39 is 0 Å². The van der Waals surface area contributed by atoms with Crippen molar-refractivity contribution >= 4 is 34.9 Å². The second-order valence-electron chi connectivity index (χ2n) is 2.72. The maximum Gasteiger partial charge on any atom is 0.232 e. The van der Waals surface area contributed by atoms with E-state index in [0.29, 0.717) is 11.4 Å². The molecular weight excluding hydrogens is 213 g/mol. The molecule has 0 atom stereocenters. The molecule has 0 bridgehead atoms. The predicted octanol–water partition coefficient (Wildman–Crippen LogP) is 1.30. The van der Waals surface area contributed by atoms with Crippen molar-refractivity contribution < 1.29 is 4.79 Å². The zero-order valence-electron chi connectivity index (χ0n) is 6.71. The molecule has 1 aliphatic heterocycles. The number of hydrogen-bond donors (Lipinski definition) is 0. The summed E-state index contributed by atoms with van der Waals surface area (Å²) < 4.78 is 0. The smallest absolute Gasteiger partial charge is 0.232 e. The highest BCUT2D eigenvalue weighted by atomic mass is 35.5. The Morgan fingerprint density at radius 2 is 2.08 bits per heavy atom. The molecule has 0 radical (unpaired) electrons. The van der Waals surface area contributed by atoms with Crippen LogP contribution in [0.5, 0.6) is 0 Å². The van der Waals surface area contributed by atoms with E-state index in [1.165, 1.54) is 4.90 Å². The van der Waals surface area contributed by atoms with E-state index in [2.05, 4.69) is 9.97 Å². The van der Waals surface area contributed by atoms with Crippen molar-refractivity contribution in [1.29, 1.82) is 0 Å². The van der Waals surface area contributed by atoms with Crippen LogP contribution in [-0.2, 0) is 11.2 Å². The highest BCUT2D eigenvalue weighted by Gasteiger charge is 2.28. The Balaban J connectivity index is 2.63. The van der Waals surface area contributed by atoms with Crippen molar-refractivity contribution in [1.82, 2.24) is 9.97 Å². The molecule has 0 fully saturated rings. The zero-order valence-corrected chi connectivity index (χ0v) is 8.22. The highest BCUT2D eigenvalue weighted by Crippen LogP contribution is 2.31. The molecule has 2 heterocycles. The molecule has 6 heteroatoms. The third-order valence-electron chi connectivity index (χ3n) is 1.93. The molecule has 0 aromatic carbocycles. The fourth-order valence-corrected chi connectivity index (χ4v) is 1.68. The molecule has 1 aliphatic rings. The first-order chi connectivity index (χ1) is 6.09. The van der Waals surface area contributed by atoms with Crippen LogP contribution in [-0.4, -0.2) is 22.9 Å². The molecule has 4 nitrogen and oxygen atoms in total. The average molecular weight is 218 g/mol. The van der Waals surface area contributed by atoms with Crippen molar-refractivity contribution in [2.24, 2.45) is 0 Å². The normalized spacial score (nSPS) is 15.0. The van der Waals surface area contributed by atoms with Gasteiger partial charge in [0.15, 0.2) is 0 Å². The number of anilines is 1. The van der Waals surface area contributed by atoms with Crippen molar-refractivity contribution in [3.05, 3.63) is 16.0 Å². The molecule has 1 aromatic heterocycles. The summed E-state index contributed by atoms with van der Waals surface area (Å²) in [5.74, 6) is 0.462. The number of hydrogen-bond acceptors (Lipinski definition) is 3. The van der Waals surface area contributed by atoms with E-state index in [9.17, 15) is 4.79 Å². The standard InChI is InChI=1S/C7H5Cl2N3O/c1-12-4(13)2-3-5(8)10-7(9)11-6(3)12/h2H2,1H3. The van der Waals surface area contributed by atoms with E-state index in [1.807, 2.05) is 0 Å². The number of carbonyl (C=O) groups is 1. The van der Waals surface area contributed by atoms with Crippen molar-refractivity contribution in [2.45, 2.75) is 6.42 Å². The molecule has 0 N–H and O–H groups in total. The quantitative estimate of drug-likeness (QED) is 0.487. The van der Waals surface area contributed by atoms with Crippen LogP contribution in [0.15, 0.2) is 0 Å². The minimum Gasteiger partial charge on any atom is -0.299 e. The van der Waals surface area contributed by atoms with Crippen molar-refractivity contribution in [2.75, 3.05) is 11.9 Å². The molecule has 68 valence electrons. The largest absolute Gasteiger partial charge is 0.299 e. The Hall–Kier alpha value is -0.870. The Labute approximate surface area is 84.5 Å². The Bertz CT molecular complexity index is 394.